The molecule has 1 aliphatic heterocycles. The largest absolute Gasteiger partial charge is 0.341 e. The minimum absolute atomic E-state index is 0.189. The van der Waals surface area contributed by atoms with Gasteiger partial charge in [0, 0.05) is 19.3 Å². The molecule has 2 aliphatic rings. The van der Waals surface area contributed by atoms with Crippen molar-refractivity contribution in [3.63, 3.8) is 0 Å². The SMILES string of the molecule is O=S(=O)(NCc1ccnc(N2CCCCC2)n1)C1CC1. The molecule has 0 spiro atoms. The van der Waals surface area contributed by atoms with Crippen LogP contribution in [0.1, 0.15) is 37.8 Å². The van der Waals surface area contributed by atoms with Crippen LogP contribution in [-0.2, 0) is 16.6 Å². The van der Waals surface area contributed by atoms with Crippen LogP contribution in [0.3, 0.4) is 0 Å². The molecule has 0 amide bonds. The maximum absolute atomic E-state index is 11.8. The Morgan fingerprint density at radius 1 is 1.25 bits per heavy atom. The average Bonchev–Trinajstić information content (AvgIpc) is 3.32. The summed E-state index contributed by atoms with van der Waals surface area (Å²) in [4.78, 5) is 10.9. The average molecular weight is 296 g/mol. The lowest BCUT2D eigenvalue weighted by atomic mass is 10.1. The van der Waals surface area contributed by atoms with Crippen LogP contribution in [0.2, 0.25) is 0 Å². The molecule has 0 atom stereocenters. The van der Waals surface area contributed by atoms with E-state index in [-0.39, 0.29) is 11.8 Å². The van der Waals surface area contributed by atoms with Crippen LogP contribution in [0, 0.1) is 0 Å². The third-order valence-electron chi connectivity index (χ3n) is 3.76. The van der Waals surface area contributed by atoms with E-state index in [4.69, 9.17) is 0 Å². The Hall–Kier alpha value is -1.21. The van der Waals surface area contributed by atoms with Crippen molar-refractivity contribution in [1.29, 1.82) is 0 Å². The number of piperidine rings is 1. The molecule has 0 bridgehead atoms. The van der Waals surface area contributed by atoms with Gasteiger partial charge in [-0.3, -0.25) is 0 Å². The summed E-state index contributed by atoms with van der Waals surface area (Å²) in [5.74, 6) is 0.716. The number of anilines is 1. The minimum atomic E-state index is -3.15. The Bertz CT molecular complexity index is 565. The van der Waals surface area contributed by atoms with Gasteiger partial charge < -0.3 is 4.90 Å². The van der Waals surface area contributed by atoms with Crippen molar-refractivity contribution in [3.05, 3.63) is 18.0 Å². The quantitative estimate of drug-likeness (QED) is 0.879. The Kier molecular flexibility index (Phi) is 3.89. The molecule has 1 aromatic heterocycles. The van der Waals surface area contributed by atoms with Gasteiger partial charge in [0.2, 0.25) is 16.0 Å². The van der Waals surface area contributed by atoms with Gasteiger partial charge >= 0.3 is 0 Å². The first-order chi connectivity index (χ1) is 9.65. The van der Waals surface area contributed by atoms with Crippen molar-refractivity contribution < 1.29 is 8.42 Å². The van der Waals surface area contributed by atoms with Gasteiger partial charge in [-0.05, 0) is 38.2 Å². The van der Waals surface area contributed by atoms with Gasteiger partial charge in [0.15, 0.2) is 0 Å². The molecule has 110 valence electrons. The predicted octanol–water partition coefficient (Wildman–Crippen LogP) is 1.05. The van der Waals surface area contributed by atoms with Crippen molar-refractivity contribution in [1.82, 2.24) is 14.7 Å². The molecule has 1 saturated carbocycles. The van der Waals surface area contributed by atoms with Gasteiger partial charge in [0.1, 0.15) is 0 Å². The van der Waals surface area contributed by atoms with Crippen LogP contribution in [0.5, 0.6) is 0 Å². The van der Waals surface area contributed by atoms with E-state index in [2.05, 4.69) is 19.6 Å². The zero-order chi connectivity index (χ0) is 14.0. The monoisotopic (exact) mass is 296 g/mol. The molecule has 1 aromatic rings. The summed E-state index contributed by atoms with van der Waals surface area (Å²) >= 11 is 0. The first-order valence-corrected chi connectivity index (χ1v) is 8.75. The fourth-order valence-corrected chi connectivity index (χ4v) is 3.74. The van der Waals surface area contributed by atoms with Crippen molar-refractivity contribution >= 4 is 16.0 Å². The highest BCUT2D eigenvalue weighted by molar-refractivity contribution is 7.90. The van der Waals surface area contributed by atoms with E-state index in [0.717, 1.165) is 31.6 Å². The highest BCUT2D eigenvalue weighted by atomic mass is 32.2. The molecule has 7 heteroatoms. The van der Waals surface area contributed by atoms with Gasteiger partial charge in [-0.1, -0.05) is 0 Å². The van der Waals surface area contributed by atoms with Crippen LogP contribution in [0.15, 0.2) is 12.3 Å². The minimum Gasteiger partial charge on any atom is -0.341 e. The zero-order valence-corrected chi connectivity index (χ0v) is 12.3. The second kappa shape index (κ2) is 5.65. The fourth-order valence-electron chi connectivity index (χ4n) is 2.40. The summed E-state index contributed by atoms with van der Waals surface area (Å²) in [6, 6.07) is 1.77. The number of rotatable bonds is 5. The summed E-state index contributed by atoms with van der Waals surface area (Å²) in [6.45, 7) is 2.22. The van der Waals surface area contributed by atoms with Gasteiger partial charge in [-0.25, -0.2) is 23.1 Å². The molecule has 1 aliphatic carbocycles. The van der Waals surface area contributed by atoms with E-state index in [1.165, 1.54) is 19.3 Å². The first-order valence-electron chi connectivity index (χ1n) is 7.20. The second-order valence-electron chi connectivity index (χ2n) is 5.46. The standard InChI is InChI=1S/C13H20N4O2S/c18-20(19,12-4-5-12)15-10-11-6-7-14-13(16-11)17-8-2-1-3-9-17/h6-7,12,15H,1-5,8-10H2. The molecule has 1 N–H and O–H groups in total. The van der Waals surface area contributed by atoms with Crippen molar-refractivity contribution in [2.45, 2.75) is 43.9 Å². The van der Waals surface area contributed by atoms with Crippen LogP contribution in [0.25, 0.3) is 0 Å². The number of aromatic nitrogens is 2. The number of hydrogen-bond acceptors (Lipinski definition) is 5. The molecule has 2 fully saturated rings. The van der Waals surface area contributed by atoms with Crippen LogP contribution in [0.4, 0.5) is 5.95 Å². The fraction of sp³-hybridized carbons (Fsp3) is 0.692. The maximum Gasteiger partial charge on any atom is 0.225 e. The molecule has 0 unspecified atom stereocenters. The van der Waals surface area contributed by atoms with E-state index < -0.39 is 10.0 Å². The molecular formula is C13H20N4O2S. The summed E-state index contributed by atoms with van der Waals surface area (Å²) in [5, 5.41) is -0.189. The smallest absolute Gasteiger partial charge is 0.225 e. The summed E-state index contributed by atoms with van der Waals surface area (Å²) < 4.78 is 26.2. The third-order valence-corrected chi connectivity index (χ3v) is 5.65. The molecular weight excluding hydrogens is 276 g/mol. The second-order valence-corrected chi connectivity index (χ2v) is 7.51. The molecule has 3 rings (SSSR count). The molecule has 1 saturated heterocycles. The zero-order valence-electron chi connectivity index (χ0n) is 11.5. The lowest BCUT2D eigenvalue weighted by Crippen LogP contribution is -2.31. The lowest BCUT2D eigenvalue weighted by molar-refractivity contribution is 0.565. The van der Waals surface area contributed by atoms with E-state index in [1.54, 1.807) is 12.3 Å². The molecule has 20 heavy (non-hydrogen) atoms. The topological polar surface area (TPSA) is 75.2 Å². The van der Waals surface area contributed by atoms with Crippen molar-refractivity contribution in [3.8, 4) is 0 Å². The number of hydrogen-bond donors (Lipinski definition) is 1. The number of sulfonamides is 1. The normalized spacial score (nSPS) is 20.1. The Labute approximate surface area is 119 Å². The highest BCUT2D eigenvalue weighted by Gasteiger charge is 2.35. The predicted molar refractivity (Wildman–Crippen MR) is 76.9 cm³/mol. The number of nitrogens with one attached hydrogen (secondary N) is 1. The summed E-state index contributed by atoms with van der Waals surface area (Å²) in [7, 11) is -3.15. The van der Waals surface area contributed by atoms with Gasteiger partial charge in [0.05, 0.1) is 17.5 Å². The number of nitrogens with zero attached hydrogens (tertiary/aromatic N) is 3. The van der Waals surface area contributed by atoms with E-state index in [1.807, 2.05) is 0 Å². The van der Waals surface area contributed by atoms with Gasteiger partial charge in [0.25, 0.3) is 0 Å². The Morgan fingerprint density at radius 2 is 2.00 bits per heavy atom. The lowest BCUT2D eigenvalue weighted by Gasteiger charge is -2.26. The molecule has 2 heterocycles. The van der Waals surface area contributed by atoms with E-state index >= 15 is 0 Å². The highest BCUT2D eigenvalue weighted by Crippen LogP contribution is 2.27. The van der Waals surface area contributed by atoms with Gasteiger partial charge in [-0.15, -0.1) is 0 Å². The van der Waals surface area contributed by atoms with Crippen molar-refractivity contribution in [2.24, 2.45) is 0 Å². The molecule has 0 aromatic carbocycles. The van der Waals surface area contributed by atoms with Crippen LogP contribution >= 0.6 is 0 Å². The van der Waals surface area contributed by atoms with Crippen LogP contribution in [-0.4, -0.2) is 36.7 Å². The Balaban J connectivity index is 1.64. The van der Waals surface area contributed by atoms with Crippen molar-refractivity contribution in [2.75, 3.05) is 18.0 Å². The maximum atomic E-state index is 11.8. The summed E-state index contributed by atoms with van der Waals surface area (Å²) in [5.41, 5.74) is 0.727. The molecule has 6 nitrogen and oxygen atoms in total. The molecule has 0 radical (unpaired) electrons. The van der Waals surface area contributed by atoms with E-state index in [0.29, 0.717) is 5.95 Å². The van der Waals surface area contributed by atoms with E-state index in [9.17, 15) is 8.42 Å². The first kappa shape index (κ1) is 13.8. The summed E-state index contributed by atoms with van der Waals surface area (Å²) in [6.07, 6.45) is 6.86. The van der Waals surface area contributed by atoms with Gasteiger partial charge in [-0.2, -0.15) is 0 Å². The third kappa shape index (κ3) is 3.27. The Morgan fingerprint density at radius 3 is 2.70 bits per heavy atom. The van der Waals surface area contributed by atoms with Crippen LogP contribution < -0.4 is 9.62 Å².